The van der Waals surface area contributed by atoms with Gasteiger partial charge < -0.3 is 10.6 Å². The van der Waals surface area contributed by atoms with Crippen LogP contribution in [0.1, 0.15) is 0 Å². The molecule has 1 aliphatic rings. The van der Waals surface area contributed by atoms with E-state index in [1.54, 1.807) is 12.1 Å². The van der Waals surface area contributed by atoms with Crippen LogP contribution in [-0.4, -0.2) is 30.6 Å². The number of thioether (sulfide) groups is 1. The van der Waals surface area contributed by atoms with Crippen LogP contribution in [0.2, 0.25) is 0 Å². The average Bonchev–Trinajstić information content (AvgIpc) is 2.29. The molecule has 0 aromatic heterocycles. The fraction of sp³-hybridized carbons (Fsp3) is 0.455. The van der Waals surface area contributed by atoms with E-state index in [1.807, 2.05) is 17.8 Å². The van der Waals surface area contributed by atoms with E-state index in [4.69, 9.17) is 5.73 Å². The van der Waals surface area contributed by atoms with Crippen molar-refractivity contribution in [2.45, 2.75) is 6.04 Å². The molecular formula is C11H15FN2S. The van der Waals surface area contributed by atoms with Crippen LogP contribution in [-0.2, 0) is 0 Å². The molecule has 0 aliphatic carbocycles. The number of nitrogens with two attached hydrogens (primary N) is 1. The Morgan fingerprint density at radius 2 is 2.40 bits per heavy atom. The number of hydrogen-bond donors (Lipinski definition) is 1. The molecule has 1 aromatic carbocycles. The standard InChI is InChI=1S/C11H15FN2S/c12-9-2-1-3-10(6-9)14-4-5-15-8-11(14)7-13/h1-3,6,11H,4-5,7-8,13H2. The molecule has 1 aromatic rings. The lowest BCUT2D eigenvalue weighted by atomic mass is 10.2. The molecule has 0 bridgehead atoms. The Labute approximate surface area is 93.6 Å². The zero-order valence-corrected chi connectivity index (χ0v) is 9.34. The molecule has 1 fully saturated rings. The molecule has 2 nitrogen and oxygen atoms in total. The monoisotopic (exact) mass is 226 g/mol. The molecule has 0 saturated carbocycles. The second-order valence-electron chi connectivity index (χ2n) is 3.64. The Balaban J connectivity index is 2.20. The summed E-state index contributed by atoms with van der Waals surface area (Å²) in [4.78, 5) is 2.21. The fourth-order valence-corrected chi connectivity index (χ4v) is 2.93. The van der Waals surface area contributed by atoms with Crippen molar-refractivity contribution in [3.8, 4) is 0 Å². The van der Waals surface area contributed by atoms with Crippen LogP contribution in [0.5, 0.6) is 0 Å². The highest BCUT2D eigenvalue weighted by molar-refractivity contribution is 7.99. The Morgan fingerprint density at radius 1 is 1.53 bits per heavy atom. The van der Waals surface area contributed by atoms with E-state index in [1.165, 1.54) is 6.07 Å². The van der Waals surface area contributed by atoms with Gasteiger partial charge in [0.15, 0.2) is 0 Å². The zero-order valence-electron chi connectivity index (χ0n) is 8.53. The summed E-state index contributed by atoms with van der Waals surface area (Å²) in [5.74, 6) is 1.95. The quantitative estimate of drug-likeness (QED) is 0.832. The van der Waals surface area contributed by atoms with Gasteiger partial charge in [0.1, 0.15) is 5.82 Å². The fourth-order valence-electron chi connectivity index (χ4n) is 1.84. The topological polar surface area (TPSA) is 29.3 Å². The van der Waals surface area contributed by atoms with Crippen LogP contribution >= 0.6 is 11.8 Å². The van der Waals surface area contributed by atoms with Gasteiger partial charge in [-0.3, -0.25) is 0 Å². The SMILES string of the molecule is NCC1CSCCN1c1cccc(F)c1. The van der Waals surface area contributed by atoms with Crippen LogP contribution in [0.25, 0.3) is 0 Å². The normalized spacial score (nSPS) is 21.7. The van der Waals surface area contributed by atoms with E-state index >= 15 is 0 Å². The molecule has 1 aliphatic heterocycles. The van der Waals surface area contributed by atoms with Crippen LogP contribution in [0.15, 0.2) is 24.3 Å². The van der Waals surface area contributed by atoms with Crippen molar-refractivity contribution in [2.75, 3.05) is 29.5 Å². The summed E-state index contributed by atoms with van der Waals surface area (Å²) in [7, 11) is 0. The number of anilines is 1. The lowest BCUT2D eigenvalue weighted by molar-refractivity contribution is 0.619. The van der Waals surface area contributed by atoms with E-state index in [2.05, 4.69) is 4.90 Å². The van der Waals surface area contributed by atoms with Gasteiger partial charge in [0.05, 0.1) is 6.04 Å². The van der Waals surface area contributed by atoms with Gasteiger partial charge in [0.2, 0.25) is 0 Å². The molecule has 82 valence electrons. The number of nitrogens with zero attached hydrogens (tertiary/aromatic N) is 1. The molecule has 0 spiro atoms. The molecule has 15 heavy (non-hydrogen) atoms. The maximum Gasteiger partial charge on any atom is 0.125 e. The summed E-state index contributed by atoms with van der Waals surface area (Å²) in [5, 5.41) is 0. The van der Waals surface area contributed by atoms with Crippen LogP contribution in [0.4, 0.5) is 10.1 Å². The molecule has 2 N–H and O–H groups in total. The summed E-state index contributed by atoms with van der Waals surface area (Å²) in [6, 6.07) is 7.09. The predicted octanol–water partition coefficient (Wildman–Crippen LogP) is 1.71. The minimum atomic E-state index is -0.179. The lowest BCUT2D eigenvalue weighted by Crippen LogP contribution is -2.46. The van der Waals surface area contributed by atoms with Gasteiger partial charge in [0.25, 0.3) is 0 Å². The summed E-state index contributed by atoms with van der Waals surface area (Å²) in [6.07, 6.45) is 0. The molecular weight excluding hydrogens is 211 g/mol. The van der Waals surface area contributed by atoms with Crippen LogP contribution in [0, 0.1) is 5.82 Å². The second kappa shape index (κ2) is 4.86. The second-order valence-corrected chi connectivity index (χ2v) is 4.79. The van der Waals surface area contributed by atoms with Crippen molar-refractivity contribution in [1.82, 2.24) is 0 Å². The highest BCUT2D eigenvalue weighted by Gasteiger charge is 2.21. The molecule has 0 radical (unpaired) electrons. The van der Waals surface area contributed by atoms with Gasteiger partial charge in [-0.2, -0.15) is 11.8 Å². The van der Waals surface area contributed by atoms with Crippen molar-refractivity contribution in [1.29, 1.82) is 0 Å². The smallest absolute Gasteiger partial charge is 0.125 e. The van der Waals surface area contributed by atoms with E-state index in [0.29, 0.717) is 12.6 Å². The average molecular weight is 226 g/mol. The van der Waals surface area contributed by atoms with Crippen LogP contribution < -0.4 is 10.6 Å². The molecule has 1 unspecified atom stereocenters. The summed E-state index contributed by atoms with van der Waals surface area (Å²) in [6.45, 7) is 1.58. The minimum Gasteiger partial charge on any atom is -0.366 e. The molecule has 1 atom stereocenters. The highest BCUT2D eigenvalue weighted by Crippen LogP contribution is 2.23. The van der Waals surface area contributed by atoms with E-state index in [9.17, 15) is 4.39 Å². The first kappa shape index (κ1) is 10.8. The van der Waals surface area contributed by atoms with Crippen LogP contribution in [0.3, 0.4) is 0 Å². The van der Waals surface area contributed by atoms with Gasteiger partial charge in [-0.05, 0) is 18.2 Å². The third kappa shape index (κ3) is 2.44. The largest absolute Gasteiger partial charge is 0.366 e. The summed E-state index contributed by atoms with van der Waals surface area (Å²) in [5.41, 5.74) is 6.67. The van der Waals surface area contributed by atoms with Crippen molar-refractivity contribution >= 4 is 17.4 Å². The van der Waals surface area contributed by atoms with Gasteiger partial charge in [-0.15, -0.1) is 0 Å². The van der Waals surface area contributed by atoms with Crippen molar-refractivity contribution in [3.05, 3.63) is 30.1 Å². The van der Waals surface area contributed by atoms with Gasteiger partial charge in [-0.1, -0.05) is 6.07 Å². The number of rotatable bonds is 2. The Bertz CT molecular complexity index is 332. The molecule has 2 rings (SSSR count). The maximum absolute atomic E-state index is 13.1. The van der Waals surface area contributed by atoms with E-state index < -0.39 is 0 Å². The zero-order chi connectivity index (χ0) is 10.7. The third-order valence-corrected chi connectivity index (χ3v) is 3.73. The van der Waals surface area contributed by atoms with Gasteiger partial charge in [-0.25, -0.2) is 4.39 Å². The number of halogens is 1. The predicted molar refractivity (Wildman–Crippen MR) is 63.9 cm³/mol. The summed E-state index contributed by atoms with van der Waals surface area (Å²) < 4.78 is 13.1. The first-order valence-electron chi connectivity index (χ1n) is 5.11. The summed E-state index contributed by atoms with van der Waals surface area (Å²) >= 11 is 1.91. The molecule has 4 heteroatoms. The van der Waals surface area contributed by atoms with Gasteiger partial charge in [0, 0.05) is 30.3 Å². The third-order valence-electron chi connectivity index (χ3n) is 2.64. The highest BCUT2D eigenvalue weighted by atomic mass is 32.2. The van der Waals surface area contributed by atoms with E-state index in [0.717, 1.165) is 23.7 Å². The maximum atomic E-state index is 13.1. The Hall–Kier alpha value is -0.740. The molecule has 1 heterocycles. The van der Waals surface area contributed by atoms with E-state index in [-0.39, 0.29) is 5.82 Å². The number of benzene rings is 1. The first-order chi connectivity index (χ1) is 7.31. The molecule has 0 amide bonds. The van der Waals surface area contributed by atoms with Crippen molar-refractivity contribution in [3.63, 3.8) is 0 Å². The van der Waals surface area contributed by atoms with Gasteiger partial charge >= 0.3 is 0 Å². The lowest BCUT2D eigenvalue weighted by Gasteiger charge is -2.36. The minimum absolute atomic E-state index is 0.179. The Morgan fingerprint density at radius 3 is 3.13 bits per heavy atom. The Kier molecular flexibility index (Phi) is 3.49. The molecule has 1 saturated heterocycles. The van der Waals surface area contributed by atoms with Crippen molar-refractivity contribution < 1.29 is 4.39 Å². The first-order valence-corrected chi connectivity index (χ1v) is 6.27. The number of hydrogen-bond acceptors (Lipinski definition) is 3. The van der Waals surface area contributed by atoms with Crippen molar-refractivity contribution in [2.24, 2.45) is 5.73 Å².